The molecule has 0 atom stereocenters. The van der Waals surface area contributed by atoms with E-state index in [1.165, 1.54) is 0 Å². The van der Waals surface area contributed by atoms with Crippen LogP contribution in [0.2, 0.25) is 0 Å². The van der Waals surface area contributed by atoms with E-state index in [0.29, 0.717) is 36.0 Å². The number of nitrogens with one attached hydrogen (secondary N) is 1. The lowest BCUT2D eigenvalue weighted by Crippen LogP contribution is -2.38. The molecule has 0 bridgehead atoms. The maximum absolute atomic E-state index is 12.4. The molecule has 2 aliphatic rings. The maximum Gasteiger partial charge on any atom is 0.260 e. The fourth-order valence-corrected chi connectivity index (χ4v) is 2.73. The number of hydrogen-bond acceptors (Lipinski definition) is 5. The van der Waals surface area contributed by atoms with E-state index < -0.39 is 0 Å². The summed E-state index contributed by atoms with van der Waals surface area (Å²) in [5.74, 6) is 1.11. The number of rotatable bonds is 2. The van der Waals surface area contributed by atoms with Gasteiger partial charge in [0.1, 0.15) is 0 Å². The van der Waals surface area contributed by atoms with Crippen molar-refractivity contribution in [3.05, 3.63) is 28.3 Å². The molecule has 2 fully saturated rings. The zero-order valence-corrected chi connectivity index (χ0v) is 13.1. The first kappa shape index (κ1) is 15.0. The van der Waals surface area contributed by atoms with Crippen LogP contribution in [-0.4, -0.2) is 41.3 Å². The van der Waals surface area contributed by atoms with Crippen LogP contribution in [0.15, 0.2) is 17.2 Å². The Balaban J connectivity index is 0.000000693. The van der Waals surface area contributed by atoms with Crippen molar-refractivity contribution in [3.63, 3.8) is 0 Å². The molecule has 2 aromatic heterocycles. The van der Waals surface area contributed by atoms with Crippen LogP contribution < -0.4 is 10.5 Å². The Bertz CT molecular complexity index is 703. The van der Waals surface area contributed by atoms with Crippen molar-refractivity contribution in [3.8, 4) is 0 Å². The van der Waals surface area contributed by atoms with Crippen molar-refractivity contribution >= 4 is 16.9 Å². The zero-order valence-electron chi connectivity index (χ0n) is 13.1. The number of hydrogen-bond donors (Lipinski definition) is 1. The molecule has 6 nitrogen and oxygen atoms in total. The number of pyridine rings is 1. The van der Waals surface area contributed by atoms with Gasteiger partial charge in [-0.2, -0.15) is 0 Å². The molecule has 0 aromatic carbocycles. The Morgan fingerprint density at radius 3 is 2.64 bits per heavy atom. The van der Waals surface area contributed by atoms with E-state index in [-0.39, 0.29) is 5.56 Å². The Morgan fingerprint density at radius 1 is 1.23 bits per heavy atom. The van der Waals surface area contributed by atoms with Crippen LogP contribution in [0.3, 0.4) is 0 Å². The molecule has 1 aliphatic carbocycles. The van der Waals surface area contributed by atoms with Gasteiger partial charge in [0.05, 0.1) is 30.3 Å². The second kappa shape index (κ2) is 6.44. The van der Waals surface area contributed by atoms with Gasteiger partial charge in [-0.1, -0.05) is 13.8 Å². The molecule has 1 N–H and O–H groups in total. The summed E-state index contributed by atoms with van der Waals surface area (Å²) in [6.45, 7) is 6.85. The van der Waals surface area contributed by atoms with E-state index in [0.717, 1.165) is 31.5 Å². The summed E-state index contributed by atoms with van der Waals surface area (Å²) >= 11 is 0. The lowest BCUT2D eigenvalue weighted by atomic mass is 10.1. The molecule has 1 aliphatic heterocycles. The van der Waals surface area contributed by atoms with Crippen LogP contribution in [-0.2, 0) is 4.74 Å². The Hall–Kier alpha value is -1.95. The quantitative estimate of drug-likeness (QED) is 0.919. The zero-order chi connectivity index (χ0) is 15.5. The summed E-state index contributed by atoms with van der Waals surface area (Å²) in [6, 6.07) is 0. The minimum absolute atomic E-state index is 0.0548. The summed E-state index contributed by atoms with van der Waals surface area (Å²) in [7, 11) is 0. The summed E-state index contributed by atoms with van der Waals surface area (Å²) in [6.07, 6.45) is 5.78. The number of H-pyrrole nitrogens is 1. The fraction of sp³-hybridized carbons (Fsp3) is 0.562. The van der Waals surface area contributed by atoms with E-state index in [4.69, 9.17) is 4.74 Å². The van der Waals surface area contributed by atoms with Crippen LogP contribution in [0.5, 0.6) is 0 Å². The first-order valence-electron chi connectivity index (χ1n) is 8.03. The molecule has 0 spiro atoms. The highest BCUT2D eigenvalue weighted by Crippen LogP contribution is 2.41. The smallest absolute Gasteiger partial charge is 0.260 e. The molecule has 118 valence electrons. The SMILES string of the molecule is CC.O=c1[nH]c(N2CCOCC2)nc2cncc(C3CC3)c12. The van der Waals surface area contributed by atoms with E-state index in [1.54, 1.807) is 6.20 Å². The van der Waals surface area contributed by atoms with E-state index in [2.05, 4.69) is 15.0 Å². The summed E-state index contributed by atoms with van der Waals surface area (Å²) < 4.78 is 5.32. The molecule has 0 amide bonds. The van der Waals surface area contributed by atoms with Crippen molar-refractivity contribution in [1.29, 1.82) is 0 Å². The molecule has 1 saturated heterocycles. The van der Waals surface area contributed by atoms with Crippen molar-refractivity contribution in [2.45, 2.75) is 32.6 Å². The first-order chi connectivity index (χ1) is 10.8. The Kier molecular flexibility index (Phi) is 4.38. The van der Waals surface area contributed by atoms with E-state index in [9.17, 15) is 4.79 Å². The van der Waals surface area contributed by atoms with Crippen LogP contribution in [0.25, 0.3) is 10.9 Å². The molecule has 1 saturated carbocycles. The molecular weight excluding hydrogens is 280 g/mol. The number of ether oxygens (including phenoxy) is 1. The highest BCUT2D eigenvalue weighted by Gasteiger charge is 2.27. The Labute approximate surface area is 129 Å². The third-order valence-corrected chi connectivity index (χ3v) is 3.96. The molecule has 0 unspecified atom stereocenters. The monoisotopic (exact) mass is 302 g/mol. The highest BCUT2D eigenvalue weighted by atomic mass is 16.5. The predicted octanol–water partition coefficient (Wildman–Crippen LogP) is 2.06. The molecule has 4 rings (SSSR count). The summed E-state index contributed by atoms with van der Waals surface area (Å²) in [4.78, 5) is 26.2. The molecule has 6 heteroatoms. The third kappa shape index (κ3) is 2.83. The number of nitrogens with zero attached hydrogens (tertiary/aromatic N) is 3. The minimum Gasteiger partial charge on any atom is -0.378 e. The van der Waals surface area contributed by atoms with Gasteiger partial charge in [0.2, 0.25) is 5.95 Å². The summed E-state index contributed by atoms with van der Waals surface area (Å²) in [5.41, 5.74) is 1.69. The van der Waals surface area contributed by atoms with Crippen molar-refractivity contribution < 1.29 is 4.74 Å². The predicted molar refractivity (Wildman–Crippen MR) is 86.5 cm³/mol. The van der Waals surface area contributed by atoms with Gasteiger partial charge in [-0.05, 0) is 24.3 Å². The molecule has 2 aromatic rings. The number of morpholine rings is 1. The standard InChI is InChI=1S/C14H16N4O2.C2H6/c19-13-12-10(9-1-2-9)7-15-8-11(12)16-14(17-13)18-3-5-20-6-4-18;1-2/h7-9H,1-6H2,(H,16,17,19);1-2H3. The van der Waals surface area contributed by atoms with Gasteiger partial charge < -0.3 is 9.64 Å². The van der Waals surface area contributed by atoms with Crippen molar-refractivity contribution in [2.75, 3.05) is 31.2 Å². The second-order valence-electron chi connectivity index (χ2n) is 5.39. The van der Waals surface area contributed by atoms with Crippen molar-refractivity contribution in [1.82, 2.24) is 15.0 Å². The minimum atomic E-state index is -0.0548. The van der Waals surface area contributed by atoms with Gasteiger partial charge >= 0.3 is 0 Å². The van der Waals surface area contributed by atoms with Crippen LogP contribution in [0.4, 0.5) is 5.95 Å². The van der Waals surface area contributed by atoms with Gasteiger partial charge in [-0.15, -0.1) is 0 Å². The molecule has 3 heterocycles. The number of anilines is 1. The lowest BCUT2D eigenvalue weighted by Gasteiger charge is -2.27. The number of fused-ring (bicyclic) bond motifs is 1. The third-order valence-electron chi connectivity index (χ3n) is 3.96. The Morgan fingerprint density at radius 2 is 1.95 bits per heavy atom. The summed E-state index contributed by atoms with van der Waals surface area (Å²) in [5, 5.41) is 0.708. The fourth-order valence-electron chi connectivity index (χ4n) is 2.73. The highest BCUT2D eigenvalue weighted by molar-refractivity contribution is 5.82. The number of aromatic nitrogens is 3. The maximum atomic E-state index is 12.4. The molecule has 0 radical (unpaired) electrons. The van der Waals surface area contributed by atoms with Crippen LogP contribution in [0, 0.1) is 0 Å². The molecular formula is C16H22N4O2. The topological polar surface area (TPSA) is 71.1 Å². The second-order valence-corrected chi connectivity index (χ2v) is 5.39. The normalized spacial score (nSPS) is 18.0. The van der Waals surface area contributed by atoms with Gasteiger partial charge in [-0.3, -0.25) is 14.8 Å². The first-order valence-corrected chi connectivity index (χ1v) is 8.03. The average molecular weight is 302 g/mol. The number of aromatic amines is 1. The van der Waals surface area contributed by atoms with Gasteiger partial charge in [0.15, 0.2) is 0 Å². The van der Waals surface area contributed by atoms with Crippen LogP contribution >= 0.6 is 0 Å². The van der Waals surface area contributed by atoms with Gasteiger partial charge in [-0.25, -0.2) is 4.98 Å². The molecule has 22 heavy (non-hydrogen) atoms. The van der Waals surface area contributed by atoms with Crippen LogP contribution in [0.1, 0.15) is 38.2 Å². The van der Waals surface area contributed by atoms with E-state index >= 15 is 0 Å². The van der Waals surface area contributed by atoms with Gasteiger partial charge in [0, 0.05) is 19.3 Å². The van der Waals surface area contributed by atoms with Gasteiger partial charge in [0.25, 0.3) is 5.56 Å². The largest absolute Gasteiger partial charge is 0.378 e. The van der Waals surface area contributed by atoms with Crippen molar-refractivity contribution in [2.24, 2.45) is 0 Å². The van der Waals surface area contributed by atoms with E-state index in [1.807, 2.05) is 24.9 Å². The average Bonchev–Trinajstić information content (AvgIpc) is 3.42. The lowest BCUT2D eigenvalue weighted by molar-refractivity contribution is 0.122.